The van der Waals surface area contributed by atoms with Gasteiger partial charge in [0.2, 0.25) is 0 Å². The van der Waals surface area contributed by atoms with Crippen molar-refractivity contribution in [2.45, 2.75) is 11.8 Å². The van der Waals surface area contributed by atoms with Gasteiger partial charge in [0.1, 0.15) is 17.3 Å². The molecule has 2 rings (SSSR count). The minimum atomic E-state index is -0.0106. The molecule has 104 valence electrons. The Morgan fingerprint density at radius 2 is 1.90 bits per heavy atom. The highest BCUT2D eigenvalue weighted by Crippen LogP contribution is 2.35. The number of halogens is 1. The third-order valence-corrected chi connectivity index (χ3v) is 3.87. The molecule has 0 amide bonds. The third kappa shape index (κ3) is 3.26. The lowest BCUT2D eigenvalue weighted by Gasteiger charge is -2.14. The van der Waals surface area contributed by atoms with Crippen molar-refractivity contribution in [3.8, 4) is 11.5 Å². The molecule has 0 heterocycles. The van der Waals surface area contributed by atoms with Gasteiger partial charge in [-0.1, -0.05) is 36.7 Å². The van der Waals surface area contributed by atoms with Crippen molar-refractivity contribution in [2.24, 2.45) is 5.73 Å². The van der Waals surface area contributed by atoms with Crippen LogP contribution in [0.3, 0.4) is 0 Å². The van der Waals surface area contributed by atoms with Gasteiger partial charge in [-0.2, -0.15) is 0 Å². The van der Waals surface area contributed by atoms with Crippen molar-refractivity contribution < 1.29 is 4.74 Å². The van der Waals surface area contributed by atoms with Crippen molar-refractivity contribution in [3.05, 3.63) is 53.1 Å². The van der Waals surface area contributed by atoms with E-state index >= 15 is 0 Å². The van der Waals surface area contributed by atoms with Crippen LogP contribution in [0.5, 0.6) is 11.5 Å². The summed E-state index contributed by atoms with van der Waals surface area (Å²) in [7, 11) is 0. The average Bonchev–Trinajstić information content (AvgIpc) is 2.41. The topological polar surface area (TPSA) is 59.1 Å². The first kappa shape index (κ1) is 14.8. The summed E-state index contributed by atoms with van der Waals surface area (Å²) in [6.07, 6.45) is 0. The standard InChI is InChI=1S/C15H15ClN2OS/c1-2-20-13-9-5-8-12(14(13)15(17)18)19-11-7-4-3-6-10(11)16/h3-9H,2H2,1H3,(H3,17,18). The van der Waals surface area contributed by atoms with Crippen LogP contribution in [0.4, 0.5) is 0 Å². The van der Waals surface area contributed by atoms with E-state index in [0.717, 1.165) is 10.6 Å². The number of nitrogens with one attached hydrogen (secondary N) is 1. The van der Waals surface area contributed by atoms with Crippen LogP contribution in [0.2, 0.25) is 5.02 Å². The van der Waals surface area contributed by atoms with Crippen molar-refractivity contribution in [2.75, 3.05) is 5.75 Å². The van der Waals surface area contributed by atoms with Gasteiger partial charge in [-0.25, -0.2) is 0 Å². The summed E-state index contributed by atoms with van der Waals surface area (Å²) in [6, 6.07) is 12.8. The van der Waals surface area contributed by atoms with Crippen molar-refractivity contribution in [1.29, 1.82) is 5.41 Å². The predicted octanol–water partition coefficient (Wildman–Crippen LogP) is 4.53. The van der Waals surface area contributed by atoms with Gasteiger partial charge in [0.15, 0.2) is 0 Å². The Morgan fingerprint density at radius 3 is 2.55 bits per heavy atom. The summed E-state index contributed by atoms with van der Waals surface area (Å²) in [5, 5.41) is 8.29. The molecule has 3 N–H and O–H groups in total. The number of benzene rings is 2. The molecule has 0 saturated heterocycles. The Kier molecular flexibility index (Phi) is 4.93. The smallest absolute Gasteiger partial charge is 0.146 e. The zero-order chi connectivity index (χ0) is 14.5. The SMILES string of the molecule is CCSc1cccc(Oc2ccccc2Cl)c1C(=N)N. The van der Waals surface area contributed by atoms with Crippen LogP contribution in [-0.2, 0) is 0 Å². The number of thioether (sulfide) groups is 1. The minimum absolute atomic E-state index is 0.0106. The zero-order valence-corrected chi connectivity index (χ0v) is 12.6. The molecule has 0 radical (unpaired) electrons. The van der Waals surface area contributed by atoms with Crippen LogP contribution in [0, 0.1) is 5.41 Å². The van der Waals surface area contributed by atoms with E-state index in [0.29, 0.717) is 22.1 Å². The summed E-state index contributed by atoms with van der Waals surface area (Å²) in [4.78, 5) is 0.935. The van der Waals surface area contributed by atoms with Crippen LogP contribution in [0.15, 0.2) is 47.4 Å². The molecule has 0 saturated carbocycles. The molecule has 2 aromatic rings. The molecule has 3 nitrogen and oxygen atoms in total. The molecule has 0 aliphatic rings. The largest absolute Gasteiger partial charge is 0.455 e. The third-order valence-electron chi connectivity index (χ3n) is 2.61. The normalized spacial score (nSPS) is 10.3. The van der Waals surface area contributed by atoms with E-state index in [-0.39, 0.29) is 5.84 Å². The fourth-order valence-corrected chi connectivity index (χ4v) is 2.80. The van der Waals surface area contributed by atoms with Crippen LogP contribution < -0.4 is 10.5 Å². The number of rotatable bonds is 5. The second kappa shape index (κ2) is 6.68. The lowest BCUT2D eigenvalue weighted by atomic mass is 10.2. The molecule has 0 aromatic heterocycles. The van der Waals surface area contributed by atoms with Gasteiger partial charge in [-0.05, 0) is 30.0 Å². The van der Waals surface area contributed by atoms with Crippen LogP contribution in [0.25, 0.3) is 0 Å². The van der Waals surface area contributed by atoms with Crippen molar-refractivity contribution in [1.82, 2.24) is 0 Å². The first-order valence-corrected chi connectivity index (χ1v) is 7.52. The molecule has 0 aliphatic heterocycles. The highest BCUT2D eigenvalue weighted by Gasteiger charge is 2.14. The van der Waals surface area contributed by atoms with Crippen molar-refractivity contribution in [3.63, 3.8) is 0 Å². The maximum atomic E-state index is 7.77. The van der Waals surface area contributed by atoms with Gasteiger partial charge in [0.25, 0.3) is 0 Å². The van der Waals surface area contributed by atoms with E-state index in [1.54, 1.807) is 30.0 Å². The molecular weight excluding hydrogens is 292 g/mol. The monoisotopic (exact) mass is 306 g/mol. The second-order valence-electron chi connectivity index (χ2n) is 4.01. The number of hydrogen-bond donors (Lipinski definition) is 2. The lowest BCUT2D eigenvalue weighted by Crippen LogP contribution is -2.13. The van der Waals surface area contributed by atoms with Crippen LogP contribution >= 0.6 is 23.4 Å². The Hall–Kier alpha value is -1.65. The quantitative estimate of drug-likeness (QED) is 0.485. The fourth-order valence-electron chi connectivity index (χ4n) is 1.78. The van der Waals surface area contributed by atoms with Crippen LogP contribution in [-0.4, -0.2) is 11.6 Å². The van der Waals surface area contributed by atoms with E-state index in [1.807, 2.05) is 24.3 Å². The molecule has 0 aliphatic carbocycles. The summed E-state index contributed by atoms with van der Waals surface area (Å²) < 4.78 is 5.82. The van der Waals surface area contributed by atoms with Gasteiger partial charge >= 0.3 is 0 Å². The van der Waals surface area contributed by atoms with E-state index < -0.39 is 0 Å². The average molecular weight is 307 g/mol. The van der Waals surface area contributed by atoms with Gasteiger partial charge in [-0.3, -0.25) is 5.41 Å². The molecule has 0 bridgehead atoms. The number of amidine groups is 1. The van der Waals surface area contributed by atoms with Gasteiger partial charge < -0.3 is 10.5 Å². The molecular formula is C15H15ClN2OS. The Labute approximate surface area is 127 Å². The van der Waals surface area contributed by atoms with Crippen LogP contribution in [0.1, 0.15) is 12.5 Å². The predicted molar refractivity (Wildman–Crippen MR) is 85.4 cm³/mol. The molecule has 0 unspecified atom stereocenters. The van der Waals surface area contributed by atoms with Crippen molar-refractivity contribution >= 4 is 29.2 Å². The Morgan fingerprint density at radius 1 is 1.20 bits per heavy atom. The number of nitrogen functional groups attached to an aromatic ring is 1. The Balaban J connectivity index is 2.44. The summed E-state index contributed by atoms with van der Waals surface area (Å²) >= 11 is 7.72. The number of para-hydroxylation sites is 1. The molecule has 2 aromatic carbocycles. The Bertz CT molecular complexity index is 631. The first-order chi connectivity index (χ1) is 9.63. The second-order valence-corrected chi connectivity index (χ2v) is 5.72. The van der Waals surface area contributed by atoms with Gasteiger partial charge in [-0.15, -0.1) is 11.8 Å². The molecule has 0 spiro atoms. The lowest BCUT2D eigenvalue weighted by molar-refractivity contribution is 0.480. The maximum absolute atomic E-state index is 7.77. The zero-order valence-electron chi connectivity index (χ0n) is 11.0. The molecule has 20 heavy (non-hydrogen) atoms. The highest BCUT2D eigenvalue weighted by atomic mass is 35.5. The van der Waals surface area contributed by atoms with E-state index in [1.165, 1.54) is 0 Å². The number of ether oxygens (including phenoxy) is 1. The summed E-state index contributed by atoms with van der Waals surface area (Å²) in [5.74, 6) is 1.98. The molecule has 0 fully saturated rings. The summed E-state index contributed by atoms with van der Waals surface area (Å²) in [5.41, 5.74) is 6.30. The van der Waals surface area contributed by atoms with E-state index in [9.17, 15) is 0 Å². The summed E-state index contributed by atoms with van der Waals surface area (Å²) in [6.45, 7) is 2.05. The molecule has 5 heteroatoms. The number of nitrogens with two attached hydrogens (primary N) is 1. The van der Waals surface area contributed by atoms with Gasteiger partial charge in [0, 0.05) is 4.90 Å². The number of hydrogen-bond acceptors (Lipinski definition) is 3. The van der Waals surface area contributed by atoms with E-state index in [2.05, 4.69) is 6.92 Å². The van der Waals surface area contributed by atoms with Gasteiger partial charge in [0.05, 0.1) is 10.6 Å². The molecule has 0 atom stereocenters. The first-order valence-electron chi connectivity index (χ1n) is 6.16. The minimum Gasteiger partial charge on any atom is -0.455 e. The fraction of sp³-hybridized carbons (Fsp3) is 0.133. The van der Waals surface area contributed by atoms with E-state index in [4.69, 9.17) is 27.5 Å². The maximum Gasteiger partial charge on any atom is 0.146 e. The highest BCUT2D eigenvalue weighted by molar-refractivity contribution is 7.99.